The molecule has 2 heterocycles. The van der Waals surface area contributed by atoms with Crippen molar-refractivity contribution < 1.29 is 18.9 Å². The molecular formula is C15H15NO4. The van der Waals surface area contributed by atoms with Crippen LogP contribution in [-0.4, -0.2) is 32.2 Å². The Morgan fingerprint density at radius 1 is 1.25 bits per heavy atom. The van der Waals surface area contributed by atoms with Gasteiger partial charge >= 0.3 is 0 Å². The first-order valence-electron chi connectivity index (χ1n) is 6.44. The van der Waals surface area contributed by atoms with Crippen LogP contribution in [0.15, 0.2) is 42.0 Å². The molecule has 1 aromatic rings. The molecule has 2 aliphatic heterocycles. The van der Waals surface area contributed by atoms with Gasteiger partial charge in [0, 0.05) is 12.7 Å². The van der Waals surface area contributed by atoms with Crippen LogP contribution in [0.4, 0.5) is 0 Å². The van der Waals surface area contributed by atoms with Crippen LogP contribution in [0.3, 0.4) is 0 Å². The van der Waals surface area contributed by atoms with Crippen LogP contribution in [0.25, 0.3) is 0 Å². The highest BCUT2D eigenvalue weighted by atomic mass is 16.7. The molecule has 104 valence electrons. The van der Waals surface area contributed by atoms with Crippen molar-refractivity contribution in [3.8, 4) is 6.07 Å². The third kappa shape index (κ3) is 2.47. The second-order valence-corrected chi connectivity index (χ2v) is 4.65. The van der Waals surface area contributed by atoms with Crippen molar-refractivity contribution in [1.82, 2.24) is 0 Å². The number of hydrogen-bond donors (Lipinski definition) is 0. The summed E-state index contributed by atoms with van der Waals surface area (Å²) in [6.07, 6.45) is -0.0812. The van der Waals surface area contributed by atoms with Crippen LogP contribution in [0.1, 0.15) is 11.9 Å². The van der Waals surface area contributed by atoms with Crippen molar-refractivity contribution >= 4 is 0 Å². The van der Waals surface area contributed by atoms with Gasteiger partial charge in [0.05, 0.1) is 18.2 Å². The first-order valence-corrected chi connectivity index (χ1v) is 6.44. The maximum atomic E-state index is 9.25. The van der Waals surface area contributed by atoms with Crippen LogP contribution in [0.5, 0.6) is 0 Å². The summed E-state index contributed by atoms with van der Waals surface area (Å²) in [5.41, 5.74) is 1.45. The molecule has 0 bridgehead atoms. The highest BCUT2D eigenvalue weighted by molar-refractivity contribution is 5.30. The van der Waals surface area contributed by atoms with Crippen LogP contribution in [0, 0.1) is 11.3 Å². The quantitative estimate of drug-likeness (QED) is 0.824. The Hall–Kier alpha value is -1.71. The highest BCUT2D eigenvalue weighted by Gasteiger charge is 2.40. The number of methoxy groups -OCH3 is 1. The molecule has 20 heavy (non-hydrogen) atoms. The van der Waals surface area contributed by atoms with Crippen LogP contribution in [-0.2, 0) is 18.9 Å². The van der Waals surface area contributed by atoms with Crippen LogP contribution < -0.4 is 0 Å². The molecule has 0 saturated carbocycles. The molecule has 5 nitrogen and oxygen atoms in total. The highest BCUT2D eigenvalue weighted by Crippen LogP contribution is 2.33. The number of nitriles is 1. The van der Waals surface area contributed by atoms with Gasteiger partial charge in [-0.05, 0) is 6.08 Å². The van der Waals surface area contributed by atoms with Crippen molar-refractivity contribution in [3.05, 3.63) is 47.5 Å². The van der Waals surface area contributed by atoms with E-state index in [9.17, 15) is 5.26 Å². The molecule has 0 radical (unpaired) electrons. The van der Waals surface area contributed by atoms with Gasteiger partial charge in [-0.3, -0.25) is 0 Å². The standard InChI is InChI=1S/C15H15NO4/c1-17-13-7-11(8-16)14-12(19-13)9-18-15(20-14)10-5-3-2-4-6-10/h2-7,12-15H,9H2,1H3/t12-,13-,14+,15-/m1/s1. The van der Waals surface area contributed by atoms with E-state index in [-0.39, 0.29) is 6.10 Å². The maximum Gasteiger partial charge on any atom is 0.184 e. The number of rotatable bonds is 2. The van der Waals surface area contributed by atoms with Crippen molar-refractivity contribution in [2.75, 3.05) is 13.7 Å². The lowest BCUT2D eigenvalue weighted by Crippen LogP contribution is -2.47. The van der Waals surface area contributed by atoms with E-state index in [1.807, 2.05) is 30.3 Å². The van der Waals surface area contributed by atoms with Gasteiger partial charge < -0.3 is 18.9 Å². The summed E-state index contributed by atoms with van der Waals surface area (Å²) < 4.78 is 22.3. The van der Waals surface area contributed by atoms with Gasteiger partial charge in [0.1, 0.15) is 12.2 Å². The van der Waals surface area contributed by atoms with Crippen LogP contribution in [0.2, 0.25) is 0 Å². The molecule has 3 rings (SSSR count). The summed E-state index contributed by atoms with van der Waals surface area (Å²) >= 11 is 0. The van der Waals surface area contributed by atoms with Crippen molar-refractivity contribution in [2.45, 2.75) is 24.8 Å². The molecule has 0 aromatic heterocycles. The van der Waals surface area contributed by atoms with E-state index < -0.39 is 18.7 Å². The summed E-state index contributed by atoms with van der Waals surface area (Å²) in [5.74, 6) is 0. The van der Waals surface area contributed by atoms with E-state index in [4.69, 9.17) is 18.9 Å². The third-order valence-corrected chi connectivity index (χ3v) is 3.38. The third-order valence-electron chi connectivity index (χ3n) is 3.38. The Balaban J connectivity index is 1.81. The monoisotopic (exact) mass is 273 g/mol. The normalized spacial score (nSPS) is 32.9. The van der Waals surface area contributed by atoms with Gasteiger partial charge in [0.15, 0.2) is 12.6 Å². The zero-order valence-corrected chi connectivity index (χ0v) is 11.1. The lowest BCUT2D eigenvalue weighted by atomic mass is 10.0. The molecule has 1 fully saturated rings. The summed E-state index contributed by atoms with van der Waals surface area (Å²) in [6, 6.07) is 11.8. The molecule has 0 amide bonds. The van der Waals surface area contributed by atoms with E-state index in [1.165, 1.54) is 7.11 Å². The Labute approximate surface area is 117 Å². The van der Waals surface area contributed by atoms with E-state index in [0.29, 0.717) is 12.2 Å². The molecule has 0 aliphatic carbocycles. The summed E-state index contributed by atoms with van der Waals surface area (Å²) in [4.78, 5) is 0. The van der Waals surface area contributed by atoms with E-state index in [0.717, 1.165) is 5.56 Å². The predicted molar refractivity (Wildman–Crippen MR) is 69.4 cm³/mol. The van der Waals surface area contributed by atoms with E-state index in [2.05, 4.69) is 6.07 Å². The van der Waals surface area contributed by atoms with Gasteiger partial charge in [0.2, 0.25) is 0 Å². The fraction of sp³-hybridized carbons (Fsp3) is 0.400. The molecule has 4 atom stereocenters. The molecule has 0 N–H and O–H groups in total. The molecule has 0 spiro atoms. The van der Waals surface area contributed by atoms with Crippen molar-refractivity contribution in [2.24, 2.45) is 0 Å². The topological polar surface area (TPSA) is 60.7 Å². The minimum absolute atomic E-state index is 0.320. The second-order valence-electron chi connectivity index (χ2n) is 4.65. The number of fused-ring (bicyclic) bond motifs is 1. The number of nitrogens with zero attached hydrogens (tertiary/aromatic N) is 1. The molecule has 1 aromatic carbocycles. The minimum atomic E-state index is -0.522. The Morgan fingerprint density at radius 2 is 2.05 bits per heavy atom. The van der Waals surface area contributed by atoms with Gasteiger partial charge in [-0.25, -0.2) is 0 Å². The molecular weight excluding hydrogens is 258 g/mol. The molecule has 2 aliphatic rings. The summed E-state index contributed by atoms with van der Waals surface area (Å²) in [6.45, 7) is 0.364. The van der Waals surface area contributed by atoms with E-state index >= 15 is 0 Å². The minimum Gasteiger partial charge on any atom is -0.352 e. The number of benzene rings is 1. The van der Waals surface area contributed by atoms with Crippen molar-refractivity contribution in [3.63, 3.8) is 0 Å². The van der Waals surface area contributed by atoms with Crippen LogP contribution >= 0.6 is 0 Å². The van der Waals surface area contributed by atoms with Gasteiger partial charge in [-0.1, -0.05) is 30.3 Å². The molecule has 0 unspecified atom stereocenters. The Morgan fingerprint density at radius 3 is 2.75 bits per heavy atom. The average molecular weight is 273 g/mol. The Bertz CT molecular complexity index is 537. The lowest BCUT2D eigenvalue weighted by molar-refractivity contribution is -0.283. The number of ether oxygens (including phenoxy) is 4. The smallest absolute Gasteiger partial charge is 0.184 e. The maximum absolute atomic E-state index is 9.25. The summed E-state index contributed by atoms with van der Waals surface area (Å²) in [5, 5.41) is 9.25. The molecule has 1 saturated heterocycles. The van der Waals surface area contributed by atoms with Gasteiger partial charge in [-0.15, -0.1) is 0 Å². The first kappa shape index (κ1) is 13.3. The zero-order chi connectivity index (χ0) is 13.9. The second kappa shape index (κ2) is 5.73. The number of hydrogen-bond acceptors (Lipinski definition) is 5. The van der Waals surface area contributed by atoms with Gasteiger partial charge in [0.25, 0.3) is 0 Å². The molecule has 5 heteroatoms. The average Bonchev–Trinajstić information content (AvgIpc) is 2.54. The predicted octanol–water partition coefficient (Wildman–Crippen LogP) is 1.92. The zero-order valence-electron chi connectivity index (χ0n) is 11.1. The van der Waals surface area contributed by atoms with E-state index in [1.54, 1.807) is 6.08 Å². The first-order chi connectivity index (χ1) is 9.81. The lowest BCUT2D eigenvalue weighted by Gasteiger charge is -2.39. The largest absolute Gasteiger partial charge is 0.352 e. The SMILES string of the molecule is CO[C@H]1C=C(C#N)[C@@H]2O[C@H](c3ccccc3)OC[C@H]2O1. The van der Waals surface area contributed by atoms with Gasteiger partial charge in [-0.2, -0.15) is 5.26 Å². The summed E-state index contributed by atoms with van der Waals surface area (Å²) in [7, 11) is 1.54. The fourth-order valence-electron chi connectivity index (χ4n) is 2.38. The Kier molecular flexibility index (Phi) is 3.81. The fourth-order valence-corrected chi connectivity index (χ4v) is 2.38. The van der Waals surface area contributed by atoms with Crippen molar-refractivity contribution in [1.29, 1.82) is 5.26 Å².